The van der Waals surface area contributed by atoms with Crippen LogP contribution in [0.3, 0.4) is 0 Å². The molecule has 0 aromatic carbocycles. The Hall–Kier alpha value is -1.24. The summed E-state index contributed by atoms with van der Waals surface area (Å²) >= 11 is 0.986. The van der Waals surface area contributed by atoms with Gasteiger partial charge in [0.1, 0.15) is 6.04 Å². The predicted molar refractivity (Wildman–Crippen MR) is 57.3 cm³/mol. The zero-order chi connectivity index (χ0) is 12.1. The van der Waals surface area contributed by atoms with E-state index in [9.17, 15) is 14.4 Å². The molecule has 0 aromatic heterocycles. The van der Waals surface area contributed by atoms with E-state index >= 15 is 0 Å². The van der Waals surface area contributed by atoms with Crippen molar-refractivity contribution in [3.8, 4) is 0 Å². The molecule has 1 fully saturated rings. The molecule has 0 spiro atoms. The molecule has 1 unspecified atom stereocenters. The Bertz CT molecular complexity index is 306. The van der Waals surface area contributed by atoms with Gasteiger partial charge in [-0.05, 0) is 12.8 Å². The summed E-state index contributed by atoms with van der Waals surface area (Å²) in [6.07, 6.45) is 1.16. The first kappa shape index (κ1) is 12.8. The van der Waals surface area contributed by atoms with Crippen LogP contribution in [0.4, 0.5) is 0 Å². The summed E-state index contributed by atoms with van der Waals surface area (Å²) in [6, 6.07) is -0.738. The molecule has 1 saturated heterocycles. The van der Waals surface area contributed by atoms with Crippen LogP contribution in [-0.4, -0.2) is 57.1 Å². The van der Waals surface area contributed by atoms with Crippen molar-refractivity contribution >= 4 is 29.6 Å². The second kappa shape index (κ2) is 5.74. The number of carbonyl (C=O) groups is 3. The van der Waals surface area contributed by atoms with Gasteiger partial charge in [0.15, 0.2) is 0 Å². The van der Waals surface area contributed by atoms with Gasteiger partial charge in [0.25, 0.3) is 0 Å². The third-order valence-corrected chi connectivity index (χ3v) is 3.21. The van der Waals surface area contributed by atoms with Crippen LogP contribution in [0.15, 0.2) is 0 Å². The number of hydrogen-bond donors (Lipinski definition) is 2. The van der Waals surface area contributed by atoms with Crippen molar-refractivity contribution in [2.75, 3.05) is 18.1 Å². The van der Waals surface area contributed by atoms with E-state index in [1.807, 2.05) is 0 Å². The third-order valence-electron chi connectivity index (χ3n) is 2.31. The smallest absolute Gasteiger partial charge is 0.326 e. The fourth-order valence-electron chi connectivity index (χ4n) is 1.63. The average Bonchev–Trinajstić information content (AvgIpc) is 2.65. The van der Waals surface area contributed by atoms with Crippen molar-refractivity contribution < 1.29 is 24.6 Å². The molecule has 1 rings (SSSR count). The van der Waals surface area contributed by atoms with E-state index in [0.29, 0.717) is 19.4 Å². The van der Waals surface area contributed by atoms with Crippen LogP contribution in [0.5, 0.6) is 0 Å². The SMILES string of the molecule is O=C(O)CSCC(=O)N1CCCC1C(=O)O. The second-order valence-electron chi connectivity index (χ2n) is 3.47. The minimum absolute atomic E-state index is 0.0239. The van der Waals surface area contributed by atoms with Crippen LogP contribution in [-0.2, 0) is 14.4 Å². The number of rotatable bonds is 5. The lowest BCUT2D eigenvalue weighted by Gasteiger charge is -2.20. The standard InChI is InChI=1S/C9H13NO5S/c11-7(4-16-5-8(12)13)10-3-1-2-6(10)9(14)15/h6H,1-5H2,(H,12,13)(H,14,15). The lowest BCUT2D eigenvalue weighted by atomic mass is 10.2. The minimum atomic E-state index is -0.992. The number of hydrogen-bond acceptors (Lipinski definition) is 4. The molecular formula is C9H13NO5S. The zero-order valence-corrected chi connectivity index (χ0v) is 9.40. The van der Waals surface area contributed by atoms with E-state index in [-0.39, 0.29) is 17.4 Å². The zero-order valence-electron chi connectivity index (χ0n) is 8.59. The van der Waals surface area contributed by atoms with Crippen molar-refractivity contribution in [3.63, 3.8) is 0 Å². The largest absolute Gasteiger partial charge is 0.481 e. The second-order valence-corrected chi connectivity index (χ2v) is 4.46. The highest BCUT2D eigenvalue weighted by molar-refractivity contribution is 8.00. The fourth-order valence-corrected chi connectivity index (χ4v) is 2.25. The van der Waals surface area contributed by atoms with Crippen LogP contribution in [0.2, 0.25) is 0 Å². The predicted octanol–water partition coefficient (Wildman–Crippen LogP) is -0.120. The normalized spacial score (nSPS) is 19.8. The van der Waals surface area contributed by atoms with E-state index in [2.05, 4.69) is 0 Å². The lowest BCUT2D eigenvalue weighted by Crippen LogP contribution is -2.41. The number of carboxylic acids is 2. The van der Waals surface area contributed by atoms with Gasteiger partial charge in [-0.1, -0.05) is 0 Å². The first-order chi connectivity index (χ1) is 7.52. The van der Waals surface area contributed by atoms with Crippen molar-refractivity contribution in [2.24, 2.45) is 0 Å². The lowest BCUT2D eigenvalue weighted by molar-refractivity contribution is -0.147. The van der Waals surface area contributed by atoms with Crippen molar-refractivity contribution in [3.05, 3.63) is 0 Å². The molecule has 0 radical (unpaired) electrons. The Morgan fingerprint density at radius 2 is 1.94 bits per heavy atom. The van der Waals surface area contributed by atoms with Gasteiger partial charge in [0, 0.05) is 6.54 Å². The maximum Gasteiger partial charge on any atom is 0.326 e. The Morgan fingerprint density at radius 1 is 1.25 bits per heavy atom. The van der Waals surface area contributed by atoms with Gasteiger partial charge >= 0.3 is 11.9 Å². The Labute approximate surface area is 96.6 Å². The molecular weight excluding hydrogens is 234 g/mol. The number of carboxylic acid groups (broad SMARTS) is 2. The Kier molecular flexibility index (Phi) is 4.60. The minimum Gasteiger partial charge on any atom is -0.481 e. The summed E-state index contributed by atoms with van der Waals surface area (Å²) in [6.45, 7) is 0.448. The molecule has 1 aliphatic heterocycles. The summed E-state index contributed by atoms with van der Waals surface area (Å²) < 4.78 is 0. The van der Waals surface area contributed by atoms with Crippen molar-refractivity contribution in [1.29, 1.82) is 0 Å². The van der Waals surface area contributed by atoms with E-state index < -0.39 is 18.0 Å². The van der Waals surface area contributed by atoms with Gasteiger partial charge in [-0.3, -0.25) is 9.59 Å². The van der Waals surface area contributed by atoms with Crippen LogP contribution >= 0.6 is 11.8 Å². The molecule has 0 aliphatic carbocycles. The van der Waals surface area contributed by atoms with E-state index in [0.717, 1.165) is 11.8 Å². The van der Waals surface area contributed by atoms with Crippen molar-refractivity contribution in [1.82, 2.24) is 4.90 Å². The highest BCUT2D eigenvalue weighted by Crippen LogP contribution is 2.18. The van der Waals surface area contributed by atoms with Gasteiger partial charge in [-0.2, -0.15) is 0 Å². The monoisotopic (exact) mass is 247 g/mol. The molecule has 16 heavy (non-hydrogen) atoms. The van der Waals surface area contributed by atoms with Gasteiger partial charge in [-0.15, -0.1) is 11.8 Å². The summed E-state index contributed by atoms with van der Waals surface area (Å²) in [5, 5.41) is 17.2. The summed E-state index contributed by atoms with van der Waals surface area (Å²) in [5.41, 5.74) is 0. The molecule has 1 heterocycles. The molecule has 1 amide bonds. The highest BCUT2D eigenvalue weighted by Gasteiger charge is 2.33. The Balaban J connectivity index is 2.41. The summed E-state index contributed by atoms with van der Waals surface area (Å²) in [4.78, 5) is 33.9. The highest BCUT2D eigenvalue weighted by atomic mass is 32.2. The van der Waals surface area contributed by atoms with Gasteiger partial charge in [0.2, 0.25) is 5.91 Å². The van der Waals surface area contributed by atoms with Crippen LogP contribution in [0.25, 0.3) is 0 Å². The number of amides is 1. The van der Waals surface area contributed by atoms with Crippen LogP contribution < -0.4 is 0 Å². The molecule has 90 valence electrons. The number of carbonyl (C=O) groups excluding carboxylic acids is 1. The summed E-state index contributed by atoms with van der Waals surface area (Å²) in [5.74, 6) is -2.38. The molecule has 7 heteroatoms. The van der Waals surface area contributed by atoms with Crippen LogP contribution in [0, 0.1) is 0 Å². The maximum atomic E-state index is 11.6. The number of thioether (sulfide) groups is 1. The van der Waals surface area contributed by atoms with E-state index in [1.54, 1.807) is 0 Å². The van der Waals surface area contributed by atoms with Crippen molar-refractivity contribution in [2.45, 2.75) is 18.9 Å². The molecule has 0 saturated carbocycles. The number of nitrogens with zero attached hydrogens (tertiary/aromatic N) is 1. The van der Waals surface area contributed by atoms with Gasteiger partial charge in [0.05, 0.1) is 11.5 Å². The molecule has 1 atom stereocenters. The number of aliphatic carboxylic acids is 2. The summed E-state index contributed by atoms with van der Waals surface area (Å²) in [7, 11) is 0. The van der Waals surface area contributed by atoms with E-state index in [4.69, 9.17) is 10.2 Å². The molecule has 0 aromatic rings. The van der Waals surface area contributed by atoms with Gasteiger partial charge < -0.3 is 15.1 Å². The molecule has 1 aliphatic rings. The van der Waals surface area contributed by atoms with E-state index in [1.165, 1.54) is 4.90 Å². The molecule has 2 N–H and O–H groups in total. The average molecular weight is 247 g/mol. The topological polar surface area (TPSA) is 94.9 Å². The third kappa shape index (κ3) is 3.41. The van der Waals surface area contributed by atoms with Crippen LogP contribution in [0.1, 0.15) is 12.8 Å². The van der Waals surface area contributed by atoms with Gasteiger partial charge in [-0.25, -0.2) is 4.79 Å². The Morgan fingerprint density at radius 3 is 2.50 bits per heavy atom. The quantitative estimate of drug-likeness (QED) is 0.703. The molecule has 0 bridgehead atoms. The molecule has 6 nitrogen and oxygen atoms in total. The number of likely N-dealkylation sites (tertiary alicyclic amines) is 1. The first-order valence-corrected chi connectivity index (χ1v) is 5.99. The fraction of sp³-hybridized carbons (Fsp3) is 0.667. The first-order valence-electron chi connectivity index (χ1n) is 4.84. The maximum absolute atomic E-state index is 11.6.